The molecular formula is C14H9Cl2NO. The van der Waals surface area contributed by atoms with Crippen LogP contribution in [0.5, 0.6) is 11.5 Å². The molecule has 0 heterocycles. The van der Waals surface area contributed by atoms with Gasteiger partial charge >= 0.3 is 0 Å². The van der Waals surface area contributed by atoms with Crippen LogP contribution in [-0.2, 0) is 0 Å². The second kappa shape index (κ2) is 5.30. The van der Waals surface area contributed by atoms with Gasteiger partial charge in [-0.3, -0.25) is 0 Å². The lowest BCUT2D eigenvalue weighted by atomic mass is 10.2. The Hall–Kier alpha value is -1.69. The van der Waals surface area contributed by atoms with Crippen molar-refractivity contribution in [1.29, 1.82) is 5.26 Å². The predicted molar refractivity (Wildman–Crippen MR) is 72.4 cm³/mol. The van der Waals surface area contributed by atoms with Crippen LogP contribution in [-0.4, -0.2) is 0 Å². The van der Waals surface area contributed by atoms with Gasteiger partial charge in [0.05, 0.1) is 21.7 Å². The van der Waals surface area contributed by atoms with Gasteiger partial charge in [-0.2, -0.15) is 5.26 Å². The SMILES string of the molecule is Cc1ccc(Oc2ccc(C#N)cc2Cl)c(Cl)c1. The van der Waals surface area contributed by atoms with E-state index < -0.39 is 0 Å². The van der Waals surface area contributed by atoms with Crippen LogP contribution in [0, 0.1) is 18.3 Å². The number of ether oxygens (including phenoxy) is 1. The molecule has 0 spiro atoms. The average Bonchev–Trinajstić information content (AvgIpc) is 2.34. The van der Waals surface area contributed by atoms with Gasteiger partial charge in [-0.15, -0.1) is 0 Å². The summed E-state index contributed by atoms with van der Waals surface area (Å²) in [6, 6.07) is 12.4. The van der Waals surface area contributed by atoms with Gasteiger partial charge in [0.2, 0.25) is 0 Å². The zero-order valence-electron chi connectivity index (χ0n) is 9.58. The molecule has 0 saturated heterocycles. The van der Waals surface area contributed by atoms with Crippen molar-refractivity contribution in [3.63, 3.8) is 0 Å². The molecular weight excluding hydrogens is 269 g/mol. The molecule has 0 aliphatic heterocycles. The first-order chi connectivity index (χ1) is 8.60. The number of halogens is 2. The standard InChI is InChI=1S/C14H9Cl2NO/c1-9-2-4-13(11(15)6-9)18-14-5-3-10(8-17)7-12(14)16/h2-7H,1H3. The lowest BCUT2D eigenvalue weighted by molar-refractivity contribution is 0.483. The van der Waals surface area contributed by atoms with Gasteiger partial charge in [0.1, 0.15) is 11.5 Å². The Morgan fingerprint density at radius 2 is 1.61 bits per heavy atom. The maximum absolute atomic E-state index is 8.75. The monoisotopic (exact) mass is 277 g/mol. The number of benzene rings is 2. The summed E-state index contributed by atoms with van der Waals surface area (Å²) in [6.07, 6.45) is 0. The molecule has 0 atom stereocenters. The fourth-order valence-electron chi connectivity index (χ4n) is 1.46. The number of hydrogen-bond donors (Lipinski definition) is 0. The summed E-state index contributed by atoms with van der Waals surface area (Å²) in [5.74, 6) is 1.01. The molecule has 0 unspecified atom stereocenters. The molecule has 0 bridgehead atoms. The Balaban J connectivity index is 2.32. The van der Waals surface area contributed by atoms with Crippen molar-refractivity contribution >= 4 is 23.2 Å². The second-order valence-electron chi connectivity index (χ2n) is 3.79. The molecule has 18 heavy (non-hydrogen) atoms. The zero-order chi connectivity index (χ0) is 13.1. The van der Waals surface area contributed by atoms with E-state index in [0.717, 1.165) is 5.56 Å². The minimum Gasteiger partial charge on any atom is -0.454 e. The van der Waals surface area contributed by atoms with Crippen LogP contribution in [0.15, 0.2) is 36.4 Å². The Morgan fingerprint density at radius 3 is 2.17 bits per heavy atom. The number of rotatable bonds is 2. The van der Waals surface area contributed by atoms with E-state index in [-0.39, 0.29) is 0 Å². The maximum Gasteiger partial charge on any atom is 0.146 e. The van der Waals surface area contributed by atoms with Crippen LogP contribution >= 0.6 is 23.2 Å². The summed E-state index contributed by atoms with van der Waals surface area (Å²) in [7, 11) is 0. The molecule has 2 aromatic rings. The van der Waals surface area contributed by atoms with Crippen LogP contribution < -0.4 is 4.74 Å². The van der Waals surface area contributed by atoms with Gasteiger partial charge in [-0.05, 0) is 42.8 Å². The predicted octanol–water partition coefficient (Wildman–Crippen LogP) is 4.97. The second-order valence-corrected chi connectivity index (χ2v) is 4.61. The van der Waals surface area contributed by atoms with Crippen LogP contribution in [0.4, 0.5) is 0 Å². The molecule has 0 saturated carbocycles. The fourth-order valence-corrected chi connectivity index (χ4v) is 1.95. The Labute approximate surface area is 115 Å². The molecule has 0 aliphatic carbocycles. The van der Waals surface area contributed by atoms with Crippen molar-refractivity contribution in [2.75, 3.05) is 0 Å². The average molecular weight is 278 g/mol. The van der Waals surface area contributed by atoms with Crippen LogP contribution in [0.2, 0.25) is 10.0 Å². The van der Waals surface area contributed by atoms with Crippen LogP contribution in [0.25, 0.3) is 0 Å². The molecule has 2 rings (SSSR count). The lowest BCUT2D eigenvalue weighted by Crippen LogP contribution is -1.87. The lowest BCUT2D eigenvalue weighted by Gasteiger charge is -2.09. The summed E-state index contributed by atoms with van der Waals surface area (Å²) in [5, 5.41) is 9.65. The highest BCUT2D eigenvalue weighted by molar-refractivity contribution is 6.33. The maximum atomic E-state index is 8.75. The topological polar surface area (TPSA) is 33.0 Å². The normalized spacial score (nSPS) is 9.89. The molecule has 4 heteroatoms. The highest BCUT2D eigenvalue weighted by atomic mass is 35.5. The summed E-state index contributed by atoms with van der Waals surface area (Å²) < 4.78 is 5.62. The van der Waals surface area contributed by atoms with E-state index in [1.54, 1.807) is 24.3 Å². The van der Waals surface area contributed by atoms with Gasteiger partial charge in [0.25, 0.3) is 0 Å². The molecule has 0 fully saturated rings. The zero-order valence-corrected chi connectivity index (χ0v) is 11.1. The van der Waals surface area contributed by atoms with Crippen molar-refractivity contribution < 1.29 is 4.74 Å². The number of aryl methyl sites for hydroxylation is 1. The van der Waals surface area contributed by atoms with Crippen molar-refractivity contribution in [3.05, 3.63) is 57.6 Å². The van der Waals surface area contributed by atoms with E-state index in [9.17, 15) is 0 Å². The minimum absolute atomic E-state index is 0.380. The summed E-state index contributed by atoms with van der Waals surface area (Å²) in [5.41, 5.74) is 1.54. The van der Waals surface area contributed by atoms with E-state index in [1.807, 2.05) is 25.1 Å². The smallest absolute Gasteiger partial charge is 0.146 e. The molecule has 2 nitrogen and oxygen atoms in total. The molecule has 0 N–H and O–H groups in total. The number of hydrogen-bond acceptors (Lipinski definition) is 2. The van der Waals surface area contributed by atoms with Crippen molar-refractivity contribution in [2.45, 2.75) is 6.92 Å². The van der Waals surface area contributed by atoms with E-state index in [1.165, 1.54) is 0 Å². The number of nitrogens with zero attached hydrogens (tertiary/aromatic N) is 1. The molecule has 0 radical (unpaired) electrons. The van der Waals surface area contributed by atoms with Gasteiger partial charge in [-0.25, -0.2) is 0 Å². The van der Waals surface area contributed by atoms with Crippen molar-refractivity contribution in [1.82, 2.24) is 0 Å². The van der Waals surface area contributed by atoms with Gasteiger partial charge in [0.15, 0.2) is 0 Å². The first kappa shape index (κ1) is 12.8. The summed E-state index contributed by atoms with van der Waals surface area (Å²) >= 11 is 12.1. The largest absolute Gasteiger partial charge is 0.454 e. The minimum atomic E-state index is 0.380. The third-order valence-electron chi connectivity index (χ3n) is 2.37. The third-order valence-corrected chi connectivity index (χ3v) is 2.96. The van der Waals surface area contributed by atoms with Gasteiger partial charge in [0, 0.05) is 0 Å². The summed E-state index contributed by atoms with van der Waals surface area (Å²) in [4.78, 5) is 0. The fraction of sp³-hybridized carbons (Fsp3) is 0.0714. The summed E-state index contributed by atoms with van der Waals surface area (Å²) in [6.45, 7) is 1.95. The molecule has 2 aromatic carbocycles. The highest BCUT2D eigenvalue weighted by Crippen LogP contribution is 2.34. The van der Waals surface area contributed by atoms with E-state index in [2.05, 4.69) is 0 Å². The van der Waals surface area contributed by atoms with Crippen molar-refractivity contribution in [3.8, 4) is 17.6 Å². The molecule has 0 aliphatic rings. The Kier molecular flexibility index (Phi) is 3.76. The van der Waals surface area contributed by atoms with Gasteiger partial charge < -0.3 is 4.74 Å². The van der Waals surface area contributed by atoms with E-state index >= 15 is 0 Å². The van der Waals surface area contributed by atoms with Crippen molar-refractivity contribution in [2.24, 2.45) is 0 Å². The number of nitriles is 1. The third kappa shape index (κ3) is 2.76. The molecule has 90 valence electrons. The van der Waals surface area contributed by atoms with E-state index in [4.69, 9.17) is 33.2 Å². The quantitative estimate of drug-likeness (QED) is 0.777. The van der Waals surface area contributed by atoms with Crippen LogP contribution in [0.1, 0.15) is 11.1 Å². The van der Waals surface area contributed by atoms with E-state index in [0.29, 0.717) is 27.1 Å². The molecule has 0 aromatic heterocycles. The van der Waals surface area contributed by atoms with Gasteiger partial charge in [-0.1, -0.05) is 29.3 Å². The Morgan fingerprint density at radius 1 is 1.00 bits per heavy atom. The molecule has 0 amide bonds. The Bertz CT molecular complexity index is 632. The highest BCUT2D eigenvalue weighted by Gasteiger charge is 2.07. The first-order valence-electron chi connectivity index (χ1n) is 5.24. The first-order valence-corrected chi connectivity index (χ1v) is 5.99. The van der Waals surface area contributed by atoms with Crippen LogP contribution in [0.3, 0.4) is 0 Å².